The van der Waals surface area contributed by atoms with Gasteiger partial charge in [-0.25, -0.2) is 0 Å². The van der Waals surface area contributed by atoms with Crippen molar-refractivity contribution in [3.05, 3.63) is 187 Å². The number of benzene rings is 7. The van der Waals surface area contributed by atoms with Gasteiger partial charge in [-0.2, -0.15) is 25.5 Å². The maximum absolute atomic E-state index is 10.2. The predicted molar refractivity (Wildman–Crippen MR) is 258 cm³/mol. The zero-order chi connectivity index (χ0) is 43.3. The number of rotatable bonds is 9. The van der Waals surface area contributed by atoms with Gasteiger partial charge in [-0.05, 0) is 97.8 Å². The van der Waals surface area contributed by atoms with Crippen LogP contribution >= 0.6 is 0 Å². The third-order valence-electron chi connectivity index (χ3n) is 11.2. The van der Waals surface area contributed by atoms with Gasteiger partial charge in [-0.3, -0.25) is 0 Å². The number of aromatic nitrogens is 4. The highest BCUT2D eigenvalue weighted by molar-refractivity contribution is 6.35. The van der Waals surface area contributed by atoms with E-state index < -0.39 is 0 Å². The van der Waals surface area contributed by atoms with Gasteiger partial charge in [0.15, 0.2) is 5.82 Å². The Morgan fingerprint density at radius 2 is 1.02 bits per heavy atom. The van der Waals surface area contributed by atoms with E-state index >= 15 is 0 Å². The summed E-state index contributed by atoms with van der Waals surface area (Å²) in [7, 11) is 0. The first-order valence-electron chi connectivity index (χ1n) is 20.9. The zero-order valence-electron chi connectivity index (χ0n) is 35.3. The standard InChI is InChI=1S/C54H38N6.C2H6/c1-5-19-45-39(7-3)38(6-2)44(8-4)60(45)37-30-28-36(29-31-37)49-48(34-20-11-9-12-21-34)51-42-26-17-15-24-40(42)41-25-16-18-27-43(41)52(51)50(35-22-13-10-14-23-35)53(49)54-58-46(32-55)57-47(33-56)59-54;1-2/h5-6,8-31H,2,4,7H2,1,3H3;1-2H3/b19-5-;. The highest BCUT2D eigenvalue weighted by Crippen LogP contribution is 2.54. The minimum absolute atomic E-state index is 0.132. The van der Waals surface area contributed by atoms with E-state index in [0.717, 1.165) is 94.8 Å². The Morgan fingerprint density at radius 1 is 0.548 bits per heavy atom. The molecule has 0 aliphatic heterocycles. The molecule has 9 aromatic rings. The maximum Gasteiger partial charge on any atom is 0.236 e. The molecule has 62 heavy (non-hydrogen) atoms. The fourth-order valence-corrected chi connectivity index (χ4v) is 8.91. The molecule has 0 amide bonds. The van der Waals surface area contributed by atoms with Crippen molar-refractivity contribution in [2.24, 2.45) is 0 Å². The van der Waals surface area contributed by atoms with Crippen LogP contribution in [0.25, 0.3) is 101 Å². The molecule has 9 rings (SSSR count). The van der Waals surface area contributed by atoms with Crippen molar-refractivity contribution in [1.82, 2.24) is 19.5 Å². The molecule has 0 saturated carbocycles. The lowest BCUT2D eigenvalue weighted by atomic mass is 9.78. The lowest BCUT2D eigenvalue weighted by Gasteiger charge is -2.25. The highest BCUT2D eigenvalue weighted by Gasteiger charge is 2.29. The summed E-state index contributed by atoms with van der Waals surface area (Å²) in [6, 6.07) is 50.5. The second kappa shape index (κ2) is 17.6. The number of nitrogens with zero attached hydrogens (tertiary/aromatic N) is 6. The normalized spacial score (nSPS) is 11.0. The van der Waals surface area contributed by atoms with Crippen LogP contribution in [0, 0.1) is 22.7 Å². The zero-order valence-corrected chi connectivity index (χ0v) is 35.3. The Morgan fingerprint density at radius 3 is 1.47 bits per heavy atom. The fraction of sp³-hybridized carbons (Fsp3) is 0.0893. The summed E-state index contributed by atoms with van der Waals surface area (Å²) in [5.41, 5.74) is 11.6. The molecule has 7 aromatic carbocycles. The average Bonchev–Trinajstić information content (AvgIpc) is 3.66. The third kappa shape index (κ3) is 6.75. The number of nitriles is 2. The molecule has 0 aliphatic carbocycles. The van der Waals surface area contributed by atoms with Crippen molar-refractivity contribution in [1.29, 1.82) is 10.5 Å². The quantitative estimate of drug-likeness (QED) is 0.136. The molecule has 0 atom stereocenters. The first-order valence-corrected chi connectivity index (χ1v) is 20.9. The molecule has 0 bridgehead atoms. The molecule has 6 nitrogen and oxygen atoms in total. The van der Waals surface area contributed by atoms with Crippen molar-refractivity contribution in [3.8, 4) is 62.6 Å². The van der Waals surface area contributed by atoms with Crippen LogP contribution in [0.5, 0.6) is 0 Å². The molecule has 0 N–H and O–H groups in total. The Hall–Kier alpha value is -8.19. The van der Waals surface area contributed by atoms with Gasteiger partial charge in [-0.1, -0.05) is 167 Å². The van der Waals surface area contributed by atoms with Gasteiger partial charge in [0, 0.05) is 33.6 Å². The number of fused-ring (bicyclic) bond motifs is 6. The summed E-state index contributed by atoms with van der Waals surface area (Å²) >= 11 is 0. The molecule has 6 heteroatoms. The molecule has 0 saturated heterocycles. The minimum atomic E-state index is -0.132. The Labute approximate surface area is 362 Å². The average molecular weight is 801 g/mol. The Bertz CT molecular complexity index is 3260. The van der Waals surface area contributed by atoms with E-state index in [0.29, 0.717) is 5.56 Å². The molecular weight excluding hydrogens is 757 g/mol. The molecule has 0 fully saturated rings. The second-order valence-corrected chi connectivity index (χ2v) is 14.4. The van der Waals surface area contributed by atoms with Gasteiger partial charge in [-0.15, -0.1) is 0 Å². The topological polar surface area (TPSA) is 91.2 Å². The summed E-state index contributed by atoms with van der Waals surface area (Å²) in [6.07, 6.45) is 8.85. The van der Waals surface area contributed by atoms with Crippen molar-refractivity contribution in [2.75, 3.05) is 0 Å². The minimum Gasteiger partial charge on any atom is -0.310 e. The van der Waals surface area contributed by atoms with E-state index in [1.807, 2.05) is 57.2 Å². The summed E-state index contributed by atoms with van der Waals surface area (Å²) in [4.78, 5) is 13.8. The van der Waals surface area contributed by atoms with E-state index in [1.54, 1.807) is 0 Å². The monoisotopic (exact) mass is 800 g/mol. The molecule has 0 spiro atoms. The second-order valence-electron chi connectivity index (χ2n) is 14.4. The van der Waals surface area contributed by atoms with E-state index in [9.17, 15) is 10.5 Å². The molecule has 0 aliphatic rings. The summed E-state index contributed by atoms with van der Waals surface area (Å²) in [6.45, 7) is 16.6. The molecule has 0 unspecified atom stereocenters. The molecule has 298 valence electrons. The predicted octanol–water partition coefficient (Wildman–Crippen LogP) is 14.4. The van der Waals surface area contributed by atoms with Gasteiger partial charge < -0.3 is 4.57 Å². The maximum atomic E-state index is 10.2. The van der Waals surface area contributed by atoms with Crippen LogP contribution < -0.4 is 0 Å². The van der Waals surface area contributed by atoms with E-state index in [-0.39, 0.29) is 17.5 Å². The SMILES string of the molecule is C=Cc1c(CC)c(/C=C\C)n(-c2ccc(-c3c(-c4nc(C#N)nc(C#N)n4)c(-c4ccccc4)c4c5ccccc5c5ccccc5c4c3-c3ccccc3)cc2)c1C=C.CC. The van der Waals surface area contributed by atoms with Crippen molar-refractivity contribution >= 4 is 50.5 Å². The van der Waals surface area contributed by atoms with Crippen LogP contribution in [-0.2, 0) is 6.42 Å². The number of hydrogen-bond donors (Lipinski definition) is 0. The van der Waals surface area contributed by atoms with Crippen LogP contribution in [-0.4, -0.2) is 19.5 Å². The van der Waals surface area contributed by atoms with Crippen LogP contribution in [0.4, 0.5) is 0 Å². The lowest BCUT2D eigenvalue weighted by Crippen LogP contribution is -2.05. The van der Waals surface area contributed by atoms with Crippen LogP contribution in [0.15, 0.2) is 153 Å². The largest absolute Gasteiger partial charge is 0.310 e. The summed E-state index contributed by atoms with van der Waals surface area (Å²) in [5, 5.41) is 27.0. The van der Waals surface area contributed by atoms with Gasteiger partial charge in [0.2, 0.25) is 11.6 Å². The molecular formula is C56H44N6. The summed E-state index contributed by atoms with van der Waals surface area (Å²) < 4.78 is 2.24. The van der Waals surface area contributed by atoms with Crippen molar-refractivity contribution < 1.29 is 0 Å². The Kier molecular flexibility index (Phi) is 11.5. The smallest absolute Gasteiger partial charge is 0.236 e. The fourth-order valence-electron chi connectivity index (χ4n) is 8.91. The Balaban J connectivity index is 0.00000261. The molecule has 2 aromatic heterocycles. The van der Waals surface area contributed by atoms with E-state index in [2.05, 4.69) is 163 Å². The first kappa shape index (κ1) is 40.6. The van der Waals surface area contributed by atoms with Gasteiger partial charge >= 0.3 is 0 Å². The highest BCUT2D eigenvalue weighted by atomic mass is 15.0. The molecule has 0 radical (unpaired) electrons. The third-order valence-corrected chi connectivity index (χ3v) is 11.2. The van der Waals surface area contributed by atoms with Crippen LogP contribution in [0.3, 0.4) is 0 Å². The van der Waals surface area contributed by atoms with Crippen LogP contribution in [0.2, 0.25) is 0 Å². The van der Waals surface area contributed by atoms with Crippen molar-refractivity contribution in [3.63, 3.8) is 0 Å². The number of hydrogen-bond acceptors (Lipinski definition) is 5. The van der Waals surface area contributed by atoms with Gasteiger partial charge in [0.25, 0.3) is 0 Å². The van der Waals surface area contributed by atoms with Gasteiger partial charge in [0.1, 0.15) is 12.1 Å². The van der Waals surface area contributed by atoms with Crippen LogP contribution in [0.1, 0.15) is 61.9 Å². The summed E-state index contributed by atoms with van der Waals surface area (Å²) in [5.74, 6) is -0.0231. The molecule has 2 heterocycles. The van der Waals surface area contributed by atoms with E-state index in [1.165, 1.54) is 5.56 Å². The van der Waals surface area contributed by atoms with Crippen molar-refractivity contribution in [2.45, 2.75) is 34.1 Å². The first-order chi connectivity index (χ1) is 30.5. The number of allylic oxidation sites excluding steroid dienone is 1. The van der Waals surface area contributed by atoms with Gasteiger partial charge in [0.05, 0.1) is 5.69 Å². The van der Waals surface area contributed by atoms with E-state index in [4.69, 9.17) is 9.97 Å². The lowest BCUT2D eigenvalue weighted by molar-refractivity contribution is 0.996.